The summed E-state index contributed by atoms with van der Waals surface area (Å²) in [6.07, 6.45) is 5.98. The Balaban J connectivity index is 2.01. The maximum Gasteiger partial charge on any atom is 0.343 e. The van der Waals surface area contributed by atoms with Gasteiger partial charge in [-0.3, -0.25) is 4.98 Å². The molecule has 0 bridgehead atoms. The highest BCUT2D eigenvalue weighted by molar-refractivity contribution is 5.91. The van der Waals surface area contributed by atoms with E-state index in [4.69, 9.17) is 4.74 Å². The fourth-order valence-corrected chi connectivity index (χ4v) is 1.53. The molecule has 106 valence electrons. The molecule has 0 radical (unpaired) electrons. The molecule has 0 saturated heterocycles. The maximum absolute atomic E-state index is 11.8. The summed E-state index contributed by atoms with van der Waals surface area (Å²) in [7, 11) is 1.31. The Morgan fingerprint density at radius 3 is 2.33 bits per heavy atom. The Bertz CT molecular complexity index is 648. The third kappa shape index (κ3) is 4.28. The molecular formula is C16H13NO4. The number of carbonyl (C=O) groups excluding carboxylic acids is 2. The second-order valence-corrected chi connectivity index (χ2v) is 4.05. The molecule has 0 aliphatic carbocycles. The van der Waals surface area contributed by atoms with E-state index < -0.39 is 11.9 Å². The summed E-state index contributed by atoms with van der Waals surface area (Å²) in [6.45, 7) is 0. The second-order valence-electron chi connectivity index (χ2n) is 4.05. The summed E-state index contributed by atoms with van der Waals surface area (Å²) >= 11 is 0. The number of rotatable bonds is 4. The molecule has 2 rings (SSSR count). The molecule has 0 fully saturated rings. The van der Waals surface area contributed by atoms with Gasteiger partial charge in [-0.05, 0) is 35.9 Å². The molecule has 0 aliphatic rings. The standard InChI is InChI=1S/C16H13NO4/c1-20-15(18)7-4-12-2-5-14(6-3-12)21-16(19)13-8-10-17-11-9-13/h2-11H,1H3/b7-4+. The Labute approximate surface area is 121 Å². The fourth-order valence-electron chi connectivity index (χ4n) is 1.53. The van der Waals surface area contributed by atoms with Crippen molar-refractivity contribution < 1.29 is 19.1 Å². The van der Waals surface area contributed by atoms with E-state index in [0.29, 0.717) is 11.3 Å². The van der Waals surface area contributed by atoms with Gasteiger partial charge in [-0.25, -0.2) is 9.59 Å². The summed E-state index contributed by atoms with van der Waals surface area (Å²) in [5, 5.41) is 0. The van der Waals surface area contributed by atoms with E-state index in [1.54, 1.807) is 42.5 Å². The van der Waals surface area contributed by atoms with E-state index in [9.17, 15) is 9.59 Å². The summed E-state index contributed by atoms with van der Waals surface area (Å²) in [4.78, 5) is 26.6. The van der Waals surface area contributed by atoms with Gasteiger partial charge in [-0.15, -0.1) is 0 Å². The van der Waals surface area contributed by atoms with E-state index >= 15 is 0 Å². The zero-order chi connectivity index (χ0) is 15.1. The number of methoxy groups -OCH3 is 1. The average molecular weight is 283 g/mol. The molecule has 2 aromatic rings. The molecule has 0 N–H and O–H groups in total. The number of esters is 2. The first-order chi connectivity index (χ1) is 10.2. The third-order valence-electron chi connectivity index (χ3n) is 2.62. The molecule has 5 heteroatoms. The van der Waals surface area contributed by atoms with Gasteiger partial charge >= 0.3 is 11.9 Å². The number of hydrogen-bond donors (Lipinski definition) is 0. The van der Waals surface area contributed by atoms with Crippen LogP contribution in [0.1, 0.15) is 15.9 Å². The van der Waals surface area contributed by atoms with Crippen molar-refractivity contribution in [3.8, 4) is 5.75 Å². The molecule has 0 aliphatic heterocycles. The van der Waals surface area contributed by atoms with Crippen molar-refractivity contribution in [1.29, 1.82) is 0 Å². The van der Waals surface area contributed by atoms with Crippen LogP contribution in [0.5, 0.6) is 5.75 Å². The van der Waals surface area contributed by atoms with Gasteiger partial charge < -0.3 is 9.47 Å². The lowest BCUT2D eigenvalue weighted by Gasteiger charge is -2.04. The first-order valence-electron chi connectivity index (χ1n) is 6.17. The number of ether oxygens (including phenoxy) is 2. The number of carbonyl (C=O) groups is 2. The summed E-state index contributed by atoms with van der Waals surface area (Å²) in [5.74, 6) is -0.453. The van der Waals surface area contributed by atoms with E-state index in [0.717, 1.165) is 5.56 Å². The fraction of sp³-hybridized carbons (Fsp3) is 0.0625. The van der Waals surface area contributed by atoms with Crippen LogP contribution in [0.4, 0.5) is 0 Å². The molecule has 0 saturated carbocycles. The minimum absolute atomic E-state index is 0.423. The van der Waals surface area contributed by atoms with Crippen molar-refractivity contribution >= 4 is 18.0 Å². The van der Waals surface area contributed by atoms with Crippen LogP contribution < -0.4 is 4.74 Å². The summed E-state index contributed by atoms with van der Waals surface area (Å²) < 4.78 is 9.72. The smallest absolute Gasteiger partial charge is 0.343 e. The predicted molar refractivity (Wildman–Crippen MR) is 76.7 cm³/mol. The van der Waals surface area contributed by atoms with E-state index in [1.165, 1.54) is 25.6 Å². The van der Waals surface area contributed by atoms with Gasteiger partial charge in [0.05, 0.1) is 12.7 Å². The number of benzene rings is 1. The van der Waals surface area contributed by atoms with Crippen LogP contribution in [-0.4, -0.2) is 24.0 Å². The van der Waals surface area contributed by atoms with Crippen molar-refractivity contribution in [1.82, 2.24) is 4.98 Å². The molecular weight excluding hydrogens is 270 g/mol. The molecule has 0 unspecified atom stereocenters. The highest BCUT2D eigenvalue weighted by Crippen LogP contribution is 2.15. The van der Waals surface area contributed by atoms with E-state index in [2.05, 4.69) is 9.72 Å². The van der Waals surface area contributed by atoms with E-state index in [-0.39, 0.29) is 0 Å². The van der Waals surface area contributed by atoms with Crippen molar-refractivity contribution in [2.24, 2.45) is 0 Å². The lowest BCUT2D eigenvalue weighted by Crippen LogP contribution is -2.08. The first-order valence-corrected chi connectivity index (χ1v) is 6.17. The largest absolute Gasteiger partial charge is 0.466 e. The Morgan fingerprint density at radius 2 is 1.71 bits per heavy atom. The monoisotopic (exact) mass is 283 g/mol. The minimum atomic E-state index is -0.449. The number of pyridine rings is 1. The van der Waals surface area contributed by atoms with Gasteiger partial charge in [0.2, 0.25) is 0 Å². The second kappa shape index (κ2) is 7.00. The molecule has 0 spiro atoms. The van der Waals surface area contributed by atoms with Gasteiger partial charge in [-0.1, -0.05) is 12.1 Å². The van der Waals surface area contributed by atoms with Gasteiger partial charge in [0.25, 0.3) is 0 Å². The molecule has 1 aromatic heterocycles. The van der Waals surface area contributed by atoms with Gasteiger partial charge in [-0.2, -0.15) is 0 Å². The summed E-state index contributed by atoms with van der Waals surface area (Å²) in [5.41, 5.74) is 1.23. The number of hydrogen-bond acceptors (Lipinski definition) is 5. The highest BCUT2D eigenvalue weighted by atomic mass is 16.5. The van der Waals surface area contributed by atoms with Crippen LogP contribution in [-0.2, 0) is 9.53 Å². The molecule has 1 aromatic carbocycles. The topological polar surface area (TPSA) is 65.5 Å². The molecule has 1 heterocycles. The van der Waals surface area contributed by atoms with Crippen molar-refractivity contribution in [2.75, 3.05) is 7.11 Å². The molecule has 0 atom stereocenters. The SMILES string of the molecule is COC(=O)/C=C/c1ccc(OC(=O)c2ccncc2)cc1. The van der Waals surface area contributed by atoms with Crippen molar-refractivity contribution in [3.05, 3.63) is 66.0 Å². The number of aromatic nitrogens is 1. The normalized spacial score (nSPS) is 10.3. The molecule has 21 heavy (non-hydrogen) atoms. The van der Waals surface area contributed by atoms with Crippen LogP contribution in [0.25, 0.3) is 6.08 Å². The zero-order valence-electron chi connectivity index (χ0n) is 11.4. The van der Waals surface area contributed by atoms with Crippen LogP contribution >= 0.6 is 0 Å². The third-order valence-corrected chi connectivity index (χ3v) is 2.62. The van der Waals surface area contributed by atoms with Gasteiger partial charge in [0.1, 0.15) is 5.75 Å². The van der Waals surface area contributed by atoms with Crippen molar-refractivity contribution in [2.45, 2.75) is 0 Å². The van der Waals surface area contributed by atoms with Gasteiger partial charge in [0, 0.05) is 18.5 Å². The van der Waals surface area contributed by atoms with Crippen molar-refractivity contribution in [3.63, 3.8) is 0 Å². The zero-order valence-corrected chi connectivity index (χ0v) is 11.4. The van der Waals surface area contributed by atoms with Crippen LogP contribution in [0.2, 0.25) is 0 Å². The van der Waals surface area contributed by atoms with Gasteiger partial charge in [0.15, 0.2) is 0 Å². The predicted octanol–water partition coefficient (Wildman–Crippen LogP) is 2.49. The Morgan fingerprint density at radius 1 is 1.05 bits per heavy atom. The maximum atomic E-state index is 11.8. The average Bonchev–Trinajstić information content (AvgIpc) is 2.54. The van der Waals surface area contributed by atoms with E-state index in [1.807, 2.05) is 0 Å². The number of nitrogens with zero attached hydrogens (tertiary/aromatic N) is 1. The van der Waals surface area contributed by atoms with Crippen LogP contribution in [0.15, 0.2) is 54.9 Å². The molecule has 5 nitrogen and oxygen atoms in total. The highest BCUT2D eigenvalue weighted by Gasteiger charge is 2.07. The summed E-state index contributed by atoms with van der Waals surface area (Å²) in [6, 6.07) is 9.92. The minimum Gasteiger partial charge on any atom is -0.466 e. The van der Waals surface area contributed by atoms with Crippen LogP contribution in [0, 0.1) is 0 Å². The van der Waals surface area contributed by atoms with Crippen LogP contribution in [0.3, 0.4) is 0 Å². The molecule has 0 amide bonds. The lowest BCUT2D eigenvalue weighted by atomic mass is 10.2. The lowest BCUT2D eigenvalue weighted by molar-refractivity contribution is -0.134. The Hall–Kier alpha value is -2.95. The quantitative estimate of drug-likeness (QED) is 0.490. The first kappa shape index (κ1) is 14.5. The Kier molecular flexibility index (Phi) is 4.82.